The minimum atomic E-state index is -2.85. The SMILES string of the molecule is O=C(/C=C\c1ccc(OC(F)F)cc1)NCCn1cc(Cl)cn1. The number of rotatable bonds is 7. The summed E-state index contributed by atoms with van der Waals surface area (Å²) in [5.74, 6) is -0.198. The number of alkyl halides is 2. The van der Waals surface area contributed by atoms with Crippen LogP contribution in [0.4, 0.5) is 8.78 Å². The predicted molar refractivity (Wildman–Crippen MR) is 82.4 cm³/mol. The molecule has 0 radical (unpaired) electrons. The molecule has 1 aromatic heterocycles. The molecule has 0 saturated carbocycles. The Morgan fingerprint density at radius 2 is 2.13 bits per heavy atom. The fourth-order valence-corrected chi connectivity index (χ4v) is 1.90. The molecule has 2 aromatic rings. The minimum absolute atomic E-state index is 0.0690. The van der Waals surface area contributed by atoms with E-state index in [-0.39, 0.29) is 11.7 Å². The van der Waals surface area contributed by atoms with Gasteiger partial charge in [-0.15, -0.1) is 0 Å². The number of nitrogens with one attached hydrogen (secondary N) is 1. The van der Waals surface area contributed by atoms with E-state index in [4.69, 9.17) is 11.6 Å². The van der Waals surface area contributed by atoms with E-state index in [1.54, 1.807) is 29.1 Å². The number of benzene rings is 1. The second-order valence-electron chi connectivity index (χ2n) is 4.49. The third-order valence-corrected chi connectivity index (χ3v) is 2.97. The van der Waals surface area contributed by atoms with Gasteiger partial charge in [-0.2, -0.15) is 13.9 Å². The highest BCUT2D eigenvalue weighted by Crippen LogP contribution is 2.15. The number of aromatic nitrogens is 2. The molecule has 2 rings (SSSR count). The Kier molecular flexibility index (Phi) is 6.10. The van der Waals surface area contributed by atoms with Gasteiger partial charge in [0, 0.05) is 18.8 Å². The van der Waals surface area contributed by atoms with Crippen molar-refractivity contribution in [2.24, 2.45) is 0 Å². The average Bonchev–Trinajstić information content (AvgIpc) is 2.91. The summed E-state index contributed by atoms with van der Waals surface area (Å²) in [7, 11) is 0. The minimum Gasteiger partial charge on any atom is -0.435 e. The Hall–Kier alpha value is -2.41. The molecular formula is C15H14ClF2N3O2. The van der Waals surface area contributed by atoms with Gasteiger partial charge in [-0.25, -0.2) is 0 Å². The van der Waals surface area contributed by atoms with E-state index in [9.17, 15) is 13.6 Å². The van der Waals surface area contributed by atoms with Crippen molar-refractivity contribution in [1.82, 2.24) is 15.1 Å². The Labute approximate surface area is 136 Å². The first-order chi connectivity index (χ1) is 11.0. The van der Waals surface area contributed by atoms with Gasteiger partial charge in [0.05, 0.1) is 17.8 Å². The Balaban J connectivity index is 1.76. The van der Waals surface area contributed by atoms with Gasteiger partial charge in [0.25, 0.3) is 0 Å². The average molecular weight is 342 g/mol. The van der Waals surface area contributed by atoms with Crippen molar-refractivity contribution >= 4 is 23.6 Å². The molecule has 0 saturated heterocycles. The van der Waals surface area contributed by atoms with Gasteiger partial charge in [0.2, 0.25) is 5.91 Å². The zero-order valence-corrected chi connectivity index (χ0v) is 12.7. The maximum atomic E-state index is 12.0. The van der Waals surface area contributed by atoms with Crippen molar-refractivity contribution in [2.75, 3.05) is 6.54 Å². The van der Waals surface area contributed by atoms with E-state index in [1.165, 1.54) is 24.4 Å². The van der Waals surface area contributed by atoms with Crippen LogP contribution in [-0.2, 0) is 11.3 Å². The van der Waals surface area contributed by atoms with Crippen LogP contribution in [0.15, 0.2) is 42.7 Å². The largest absolute Gasteiger partial charge is 0.435 e. The zero-order chi connectivity index (χ0) is 16.7. The van der Waals surface area contributed by atoms with Gasteiger partial charge >= 0.3 is 6.61 Å². The summed E-state index contributed by atoms with van der Waals surface area (Å²) in [6, 6.07) is 5.97. The van der Waals surface area contributed by atoms with Crippen molar-refractivity contribution in [3.63, 3.8) is 0 Å². The highest BCUT2D eigenvalue weighted by molar-refractivity contribution is 6.30. The van der Waals surface area contributed by atoms with E-state index < -0.39 is 6.61 Å². The summed E-state index contributed by atoms with van der Waals surface area (Å²) in [5, 5.41) is 7.22. The molecule has 0 aliphatic heterocycles. The number of halogens is 3. The molecule has 1 amide bonds. The topological polar surface area (TPSA) is 56.1 Å². The van der Waals surface area contributed by atoms with Gasteiger partial charge in [0.1, 0.15) is 5.75 Å². The lowest BCUT2D eigenvalue weighted by atomic mass is 10.2. The van der Waals surface area contributed by atoms with Gasteiger partial charge in [0.15, 0.2) is 0 Å². The molecule has 0 bridgehead atoms. The molecule has 0 aliphatic rings. The van der Waals surface area contributed by atoms with E-state index in [2.05, 4.69) is 15.2 Å². The predicted octanol–water partition coefficient (Wildman–Crippen LogP) is 2.97. The fourth-order valence-electron chi connectivity index (χ4n) is 1.75. The van der Waals surface area contributed by atoms with Crippen molar-refractivity contribution in [3.05, 3.63) is 53.3 Å². The second kappa shape index (κ2) is 8.28. The molecule has 0 atom stereocenters. The normalized spacial score (nSPS) is 11.1. The van der Waals surface area contributed by atoms with Crippen molar-refractivity contribution < 1.29 is 18.3 Å². The number of hydrogen-bond donors (Lipinski definition) is 1. The summed E-state index contributed by atoms with van der Waals surface area (Å²) in [5.41, 5.74) is 0.695. The summed E-state index contributed by atoms with van der Waals surface area (Å²) in [6.07, 6.45) is 6.11. The summed E-state index contributed by atoms with van der Waals surface area (Å²) in [6.45, 7) is -1.94. The highest BCUT2D eigenvalue weighted by atomic mass is 35.5. The lowest BCUT2D eigenvalue weighted by Crippen LogP contribution is -2.25. The summed E-state index contributed by atoms with van der Waals surface area (Å²) in [4.78, 5) is 11.6. The number of nitrogens with zero attached hydrogens (tertiary/aromatic N) is 2. The van der Waals surface area contributed by atoms with E-state index in [0.29, 0.717) is 23.7 Å². The molecule has 122 valence electrons. The molecule has 0 aliphatic carbocycles. The van der Waals surface area contributed by atoms with Crippen LogP contribution in [0.1, 0.15) is 5.56 Å². The molecule has 0 fully saturated rings. The van der Waals surface area contributed by atoms with Crippen molar-refractivity contribution in [2.45, 2.75) is 13.2 Å². The van der Waals surface area contributed by atoms with Crippen molar-refractivity contribution in [3.8, 4) is 5.75 Å². The fraction of sp³-hybridized carbons (Fsp3) is 0.200. The van der Waals surface area contributed by atoms with Crippen LogP contribution >= 0.6 is 11.6 Å². The second-order valence-corrected chi connectivity index (χ2v) is 4.93. The number of carbonyl (C=O) groups is 1. The zero-order valence-electron chi connectivity index (χ0n) is 12.0. The molecule has 0 unspecified atom stereocenters. The van der Waals surface area contributed by atoms with Gasteiger partial charge in [-0.05, 0) is 23.8 Å². The maximum absolute atomic E-state index is 12.0. The third-order valence-electron chi connectivity index (χ3n) is 2.77. The molecule has 1 N–H and O–H groups in total. The maximum Gasteiger partial charge on any atom is 0.387 e. The van der Waals surface area contributed by atoms with Crippen LogP contribution in [0.3, 0.4) is 0 Å². The number of amides is 1. The summed E-state index contributed by atoms with van der Waals surface area (Å²) < 4.78 is 29.9. The first-order valence-corrected chi connectivity index (χ1v) is 7.09. The Morgan fingerprint density at radius 1 is 1.39 bits per heavy atom. The number of ether oxygens (including phenoxy) is 1. The lowest BCUT2D eigenvalue weighted by molar-refractivity contribution is -0.116. The standard InChI is InChI=1S/C15H14ClF2N3O2/c16-12-9-20-21(10-12)8-7-19-14(22)6-3-11-1-4-13(5-2-11)23-15(17)18/h1-6,9-10,15H,7-8H2,(H,19,22)/b6-3-. The highest BCUT2D eigenvalue weighted by Gasteiger charge is 2.03. The molecule has 5 nitrogen and oxygen atoms in total. The number of carbonyl (C=O) groups excluding carboxylic acids is 1. The monoisotopic (exact) mass is 341 g/mol. The van der Waals surface area contributed by atoms with E-state index in [1.807, 2.05) is 0 Å². The lowest BCUT2D eigenvalue weighted by Gasteiger charge is -2.04. The van der Waals surface area contributed by atoms with E-state index in [0.717, 1.165) is 0 Å². The first kappa shape index (κ1) is 17.0. The molecule has 23 heavy (non-hydrogen) atoms. The molecule has 1 aromatic carbocycles. The van der Waals surface area contributed by atoms with Crippen LogP contribution in [0, 0.1) is 0 Å². The third kappa shape index (κ3) is 6.07. The molecule has 8 heteroatoms. The smallest absolute Gasteiger partial charge is 0.387 e. The molecule has 1 heterocycles. The van der Waals surface area contributed by atoms with Crippen LogP contribution in [0.2, 0.25) is 5.02 Å². The van der Waals surface area contributed by atoms with Crippen LogP contribution < -0.4 is 10.1 Å². The van der Waals surface area contributed by atoms with Gasteiger partial charge < -0.3 is 10.1 Å². The molecule has 0 spiro atoms. The van der Waals surface area contributed by atoms with Gasteiger partial charge in [-0.1, -0.05) is 23.7 Å². The quantitative estimate of drug-likeness (QED) is 0.788. The Bertz CT molecular complexity index is 672. The first-order valence-electron chi connectivity index (χ1n) is 6.71. The van der Waals surface area contributed by atoms with Crippen LogP contribution in [-0.4, -0.2) is 28.8 Å². The van der Waals surface area contributed by atoms with Crippen LogP contribution in [0.25, 0.3) is 6.08 Å². The molecular weight excluding hydrogens is 328 g/mol. The Morgan fingerprint density at radius 3 is 2.74 bits per heavy atom. The van der Waals surface area contributed by atoms with Crippen molar-refractivity contribution in [1.29, 1.82) is 0 Å². The van der Waals surface area contributed by atoms with Gasteiger partial charge in [-0.3, -0.25) is 9.48 Å². The summed E-state index contributed by atoms with van der Waals surface area (Å²) >= 11 is 5.73. The van der Waals surface area contributed by atoms with Crippen LogP contribution in [0.5, 0.6) is 5.75 Å². The number of hydrogen-bond acceptors (Lipinski definition) is 3. The van der Waals surface area contributed by atoms with E-state index >= 15 is 0 Å².